The monoisotopic (exact) mass is 244 g/mol. The van der Waals surface area contributed by atoms with Crippen molar-refractivity contribution in [2.75, 3.05) is 0 Å². The van der Waals surface area contributed by atoms with E-state index < -0.39 is 8.07 Å². The van der Waals surface area contributed by atoms with Gasteiger partial charge in [-0.15, -0.1) is 0 Å². The van der Waals surface area contributed by atoms with Gasteiger partial charge in [0.2, 0.25) is 0 Å². The van der Waals surface area contributed by atoms with Crippen molar-refractivity contribution in [1.29, 1.82) is 0 Å². The van der Waals surface area contributed by atoms with E-state index in [-0.39, 0.29) is 0 Å². The quantitative estimate of drug-likeness (QED) is 0.582. The number of hydrogen-bond acceptors (Lipinski definition) is 0. The fourth-order valence-electron chi connectivity index (χ4n) is 3.58. The van der Waals surface area contributed by atoms with Crippen LogP contribution in [0.3, 0.4) is 0 Å². The van der Waals surface area contributed by atoms with Crippen molar-refractivity contribution in [2.45, 2.75) is 51.9 Å². The lowest BCUT2D eigenvalue weighted by atomic mass is 10.2. The second kappa shape index (κ2) is 4.13. The van der Waals surface area contributed by atoms with E-state index in [1.165, 1.54) is 11.1 Å². The van der Waals surface area contributed by atoms with Gasteiger partial charge in [0.15, 0.2) is 0 Å². The van der Waals surface area contributed by atoms with Crippen molar-refractivity contribution < 1.29 is 0 Å². The van der Waals surface area contributed by atoms with Crippen molar-refractivity contribution in [3.8, 4) is 0 Å². The maximum Gasteiger partial charge on any atom is 0.0706 e. The minimum absolute atomic E-state index is 0.720. The zero-order valence-electron chi connectivity index (χ0n) is 12.0. The first-order chi connectivity index (χ1) is 7.82. The summed E-state index contributed by atoms with van der Waals surface area (Å²) < 4.78 is 0. The Kier molecular flexibility index (Phi) is 3.07. The molecule has 0 nitrogen and oxygen atoms in total. The highest BCUT2D eigenvalue weighted by Gasteiger charge is 2.41. The molecule has 0 amide bonds. The molecule has 0 spiro atoms. The van der Waals surface area contributed by atoms with Gasteiger partial charge in [0.05, 0.1) is 8.07 Å². The van der Waals surface area contributed by atoms with Crippen LogP contribution in [0.5, 0.6) is 0 Å². The second-order valence-electron chi connectivity index (χ2n) is 6.37. The summed E-state index contributed by atoms with van der Waals surface area (Å²) in [6.45, 7) is 14.1. The van der Waals surface area contributed by atoms with Gasteiger partial charge in [-0.2, -0.15) is 0 Å². The lowest BCUT2D eigenvalue weighted by Crippen LogP contribution is -2.36. The molecule has 0 saturated heterocycles. The average Bonchev–Trinajstić information content (AvgIpc) is 2.70. The minimum Gasteiger partial charge on any atom is -0.0771 e. The molecule has 0 aliphatic heterocycles. The van der Waals surface area contributed by atoms with Crippen LogP contribution in [-0.2, 0) is 0 Å². The molecule has 0 saturated carbocycles. The van der Waals surface area contributed by atoms with E-state index in [4.69, 9.17) is 0 Å². The van der Waals surface area contributed by atoms with Gasteiger partial charge >= 0.3 is 0 Å². The third-order valence-corrected chi connectivity index (χ3v) is 8.80. The molecule has 2 aliphatic rings. The predicted molar refractivity (Wildman–Crippen MR) is 80.0 cm³/mol. The van der Waals surface area contributed by atoms with Crippen molar-refractivity contribution >= 4 is 8.07 Å². The molecular formula is C16H24Si. The van der Waals surface area contributed by atoms with Crippen LogP contribution in [-0.4, -0.2) is 8.07 Å². The summed E-state index contributed by atoms with van der Waals surface area (Å²) in [7, 11) is -1.34. The molecule has 0 radical (unpaired) electrons. The molecule has 0 aromatic carbocycles. The van der Waals surface area contributed by atoms with Crippen molar-refractivity contribution in [2.24, 2.45) is 0 Å². The lowest BCUT2D eigenvalue weighted by molar-refractivity contribution is 1.06. The molecule has 2 aliphatic carbocycles. The molecule has 0 fully saturated rings. The zero-order chi connectivity index (χ0) is 12.8. The van der Waals surface area contributed by atoms with Crippen LogP contribution in [0.25, 0.3) is 0 Å². The van der Waals surface area contributed by atoms with E-state index in [9.17, 15) is 0 Å². The second-order valence-corrected chi connectivity index (χ2v) is 11.3. The Balaban J connectivity index is 2.33. The topological polar surface area (TPSA) is 0 Å². The van der Waals surface area contributed by atoms with E-state index in [0.717, 1.165) is 11.1 Å². The summed E-state index contributed by atoms with van der Waals surface area (Å²) in [4.78, 5) is 0. The number of hydrogen-bond donors (Lipinski definition) is 0. The molecule has 92 valence electrons. The molecule has 0 unspecified atom stereocenters. The summed E-state index contributed by atoms with van der Waals surface area (Å²) in [6.07, 6.45) is 9.72. The standard InChI is InChI=1S/C16H24Si/c1-11-7-13(3)15(9-11)17(5,6)16-10-12(2)8-14(16)4/h7-10,15-16H,1-6H3/t15-,16-/m1/s1. The van der Waals surface area contributed by atoms with E-state index in [1.54, 1.807) is 11.1 Å². The third kappa shape index (κ3) is 2.13. The van der Waals surface area contributed by atoms with Crippen molar-refractivity contribution in [3.05, 3.63) is 46.6 Å². The Bertz CT molecular complexity index is 416. The van der Waals surface area contributed by atoms with E-state index in [1.807, 2.05) is 0 Å². The average molecular weight is 244 g/mol. The fraction of sp³-hybridized carbons (Fsp3) is 0.500. The molecule has 2 rings (SSSR count). The van der Waals surface area contributed by atoms with Crippen molar-refractivity contribution in [3.63, 3.8) is 0 Å². The van der Waals surface area contributed by atoms with Crippen LogP contribution in [0.2, 0.25) is 24.2 Å². The van der Waals surface area contributed by atoms with Crippen LogP contribution in [0, 0.1) is 0 Å². The number of allylic oxidation sites excluding steroid dienone is 8. The van der Waals surface area contributed by atoms with Gasteiger partial charge in [-0.1, -0.05) is 59.7 Å². The van der Waals surface area contributed by atoms with E-state index in [2.05, 4.69) is 65.1 Å². The molecule has 0 bridgehead atoms. The largest absolute Gasteiger partial charge is 0.0771 e. The highest BCUT2D eigenvalue weighted by Crippen LogP contribution is 2.48. The van der Waals surface area contributed by atoms with Gasteiger partial charge in [0.25, 0.3) is 0 Å². The molecule has 0 heterocycles. The van der Waals surface area contributed by atoms with Crippen LogP contribution < -0.4 is 0 Å². The summed E-state index contributed by atoms with van der Waals surface area (Å²) in [5, 5.41) is 0. The predicted octanol–water partition coefficient (Wildman–Crippen LogP) is 5.25. The first-order valence-electron chi connectivity index (χ1n) is 6.55. The Morgan fingerprint density at radius 1 is 0.765 bits per heavy atom. The maximum absolute atomic E-state index is 2.54. The van der Waals surface area contributed by atoms with Crippen molar-refractivity contribution in [1.82, 2.24) is 0 Å². The molecule has 0 N–H and O–H groups in total. The lowest BCUT2D eigenvalue weighted by Gasteiger charge is -2.35. The minimum atomic E-state index is -1.34. The highest BCUT2D eigenvalue weighted by molar-refractivity contribution is 6.82. The Morgan fingerprint density at radius 2 is 1.12 bits per heavy atom. The highest BCUT2D eigenvalue weighted by atomic mass is 28.3. The molecule has 17 heavy (non-hydrogen) atoms. The Morgan fingerprint density at radius 3 is 1.35 bits per heavy atom. The first kappa shape index (κ1) is 12.6. The van der Waals surface area contributed by atoms with Crippen LogP contribution in [0.1, 0.15) is 27.7 Å². The van der Waals surface area contributed by atoms with Gasteiger partial charge in [-0.25, -0.2) is 0 Å². The van der Waals surface area contributed by atoms with E-state index in [0.29, 0.717) is 0 Å². The van der Waals surface area contributed by atoms with Crippen LogP contribution >= 0.6 is 0 Å². The maximum atomic E-state index is 2.54. The number of rotatable bonds is 2. The smallest absolute Gasteiger partial charge is 0.0706 e. The van der Waals surface area contributed by atoms with Gasteiger partial charge in [-0.3, -0.25) is 0 Å². The van der Waals surface area contributed by atoms with Gasteiger partial charge < -0.3 is 0 Å². The molecular weight excluding hydrogens is 220 g/mol. The first-order valence-corrected chi connectivity index (χ1v) is 9.71. The van der Waals surface area contributed by atoms with Crippen LogP contribution in [0.4, 0.5) is 0 Å². The normalized spacial score (nSPS) is 28.8. The van der Waals surface area contributed by atoms with Gasteiger partial charge in [0, 0.05) is 0 Å². The SMILES string of the molecule is CC1=C[C@@H]([Si](C)(C)[C@@H]2C=C(C)C=C2C)C(C)=C1. The Labute approximate surface area is 107 Å². The molecule has 2 atom stereocenters. The third-order valence-electron chi connectivity index (χ3n) is 4.35. The van der Waals surface area contributed by atoms with Gasteiger partial charge in [0.1, 0.15) is 0 Å². The van der Waals surface area contributed by atoms with Crippen LogP contribution in [0.15, 0.2) is 46.6 Å². The summed E-state index contributed by atoms with van der Waals surface area (Å²) in [5.41, 5.74) is 7.49. The Hall–Kier alpha value is -0.823. The molecule has 0 aromatic rings. The molecule has 0 aromatic heterocycles. The fourth-order valence-corrected chi connectivity index (χ4v) is 7.86. The van der Waals surface area contributed by atoms with Gasteiger partial charge in [-0.05, 0) is 38.8 Å². The summed E-state index contributed by atoms with van der Waals surface area (Å²) in [5.74, 6) is 0. The summed E-state index contributed by atoms with van der Waals surface area (Å²) in [6, 6.07) is 0. The summed E-state index contributed by atoms with van der Waals surface area (Å²) >= 11 is 0. The van der Waals surface area contributed by atoms with E-state index >= 15 is 0 Å². The zero-order valence-corrected chi connectivity index (χ0v) is 13.0. The molecule has 1 heteroatoms.